The molecule has 0 saturated carbocycles. The van der Waals surface area contributed by atoms with E-state index in [4.69, 9.17) is 18.9 Å². The van der Waals surface area contributed by atoms with Gasteiger partial charge in [-0.2, -0.15) is 23.5 Å². The molecular formula is C62H69N7O12S2. The van der Waals surface area contributed by atoms with Crippen molar-refractivity contribution in [2.24, 2.45) is 0 Å². The maximum absolute atomic E-state index is 12.5. The summed E-state index contributed by atoms with van der Waals surface area (Å²) >= 11 is 3.30. The second-order valence-corrected chi connectivity index (χ2v) is 22.4. The molecule has 0 unspecified atom stereocenters. The van der Waals surface area contributed by atoms with Crippen molar-refractivity contribution < 1.29 is 57.9 Å². The van der Waals surface area contributed by atoms with Crippen LogP contribution in [0.25, 0.3) is 0 Å². The van der Waals surface area contributed by atoms with Crippen LogP contribution in [0.3, 0.4) is 0 Å². The fourth-order valence-electron chi connectivity index (χ4n) is 8.95. The Balaban J connectivity index is 0.657. The molecule has 0 aliphatic carbocycles. The number of likely N-dealkylation sites (tertiary alicyclic amines) is 2. The van der Waals surface area contributed by atoms with Crippen LogP contribution in [0.15, 0.2) is 146 Å². The first-order chi connectivity index (χ1) is 40.3. The van der Waals surface area contributed by atoms with Crippen molar-refractivity contribution in [1.29, 1.82) is 0 Å². The largest absolute Gasteiger partial charge is 0.448 e. The molecule has 436 valence electrons. The first kappa shape index (κ1) is 60.8. The number of carbonyl (C=O) groups is 6. The molecule has 2 heterocycles. The fraction of sp³-hybridized carbons (Fsp3) is 0.323. The molecule has 2 fully saturated rings. The van der Waals surface area contributed by atoms with Gasteiger partial charge in [0.15, 0.2) is 13.2 Å². The summed E-state index contributed by atoms with van der Waals surface area (Å²) in [6.07, 6.45) is 2.17. The van der Waals surface area contributed by atoms with Crippen LogP contribution >= 0.6 is 23.5 Å². The summed E-state index contributed by atoms with van der Waals surface area (Å²) < 4.78 is 20.6. The van der Waals surface area contributed by atoms with Crippen LogP contribution in [-0.4, -0.2) is 138 Å². The Morgan fingerprint density at radius 2 is 0.687 bits per heavy atom. The first-order valence-electron chi connectivity index (χ1n) is 27.5. The lowest BCUT2D eigenvalue weighted by Gasteiger charge is -2.21. The molecule has 19 nitrogen and oxygen atoms in total. The van der Waals surface area contributed by atoms with Crippen molar-refractivity contribution in [2.75, 3.05) is 102 Å². The van der Waals surface area contributed by atoms with Crippen LogP contribution < -0.4 is 26.6 Å². The number of aliphatic hydroxyl groups is 2. The number of nitrogens with zero attached hydrogens (tertiary/aromatic N) is 2. The van der Waals surface area contributed by atoms with Gasteiger partial charge in [-0.3, -0.25) is 30.9 Å². The van der Waals surface area contributed by atoms with Gasteiger partial charge < -0.3 is 44.3 Å². The number of anilines is 6. The van der Waals surface area contributed by atoms with Gasteiger partial charge in [-0.1, -0.05) is 72.8 Å². The Labute approximate surface area is 491 Å². The molecule has 0 bridgehead atoms. The van der Waals surface area contributed by atoms with Gasteiger partial charge in [-0.25, -0.2) is 19.2 Å². The highest BCUT2D eigenvalue weighted by Gasteiger charge is 2.28. The molecule has 6 aromatic rings. The molecule has 7 N–H and O–H groups in total. The monoisotopic (exact) mass is 1170 g/mol. The highest BCUT2D eigenvalue weighted by Crippen LogP contribution is 2.23. The number of rotatable bonds is 28. The number of hydrogen-bond donors (Lipinski definition) is 7. The smallest absolute Gasteiger partial charge is 0.411 e. The lowest BCUT2D eigenvalue weighted by molar-refractivity contribution is -0.206. The molecule has 6 aromatic carbocycles. The van der Waals surface area contributed by atoms with Crippen molar-refractivity contribution in [1.82, 2.24) is 9.80 Å². The van der Waals surface area contributed by atoms with Crippen molar-refractivity contribution >= 4 is 93.8 Å². The van der Waals surface area contributed by atoms with Gasteiger partial charge in [-0.05, 0) is 138 Å². The quantitative estimate of drug-likeness (QED) is 0.0137. The summed E-state index contributed by atoms with van der Waals surface area (Å²) in [7, 11) is 0. The van der Waals surface area contributed by atoms with Crippen LogP contribution in [-0.2, 0) is 47.8 Å². The standard InChI is InChI=1S/C62H69N7O12S2/c70-56-3-1-29-68(56)31-35-82-37-33-78-58(72)64-52-21-9-46(10-22-52)39-44-5-17-50(18-6-44)63-51-19-7-45(8-20-51)40-48-13-25-54(26-14-48)66-60(74)80-42-62(76,77)43-81-61(75)67-55-27-15-49(16-28-55)41-47-11-23-53(24-12-47)65-59(73)79-34-38-83-36-32-69-30-2-4-57(69)71/h5-28,63,76-77H,1-4,29-43H2,(H,64,72)(H,65,73)(H,66,74)(H,67,75). The number of ether oxygens (including phenoxy) is 4. The Bertz CT molecular complexity index is 3080. The van der Waals surface area contributed by atoms with Crippen LogP contribution in [0, 0.1) is 0 Å². The number of thioether (sulfide) groups is 2. The van der Waals surface area contributed by atoms with E-state index in [1.165, 1.54) is 0 Å². The Morgan fingerprint density at radius 3 is 0.964 bits per heavy atom. The Morgan fingerprint density at radius 1 is 0.410 bits per heavy atom. The minimum atomic E-state index is -2.66. The molecule has 21 heteroatoms. The maximum Gasteiger partial charge on any atom is 0.411 e. The van der Waals surface area contributed by atoms with Gasteiger partial charge in [0, 0.05) is 96.2 Å². The van der Waals surface area contributed by atoms with Gasteiger partial charge in [0.25, 0.3) is 0 Å². The minimum absolute atomic E-state index is 0.208. The van der Waals surface area contributed by atoms with Crippen LogP contribution in [0.1, 0.15) is 59.1 Å². The van der Waals surface area contributed by atoms with E-state index in [0.717, 1.165) is 102 Å². The van der Waals surface area contributed by atoms with E-state index in [-0.39, 0.29) is 18.4 Å². The Hall–Kier alpha value is -8.24. The van der Waals surface area contributed by atoms with E-state index in [0.29, 0.717) is 66.5 Å². The normalized spacial score (nSPS) is 13.1. The molecule has 0 radical (unpaired) electrons. The summed E-state index contributed by atoms with van der Waals surface area (Å²) in [4.78, 5) is 76.7. The molecule has 6 amide bonds. The molecular weight excluding hydrogens is 1100 g/mol. The van der Waals surface area contributed by atoms with Crippen molar-refractivity contribution in [3.05, 3.63) is 179 Å². The number of benzene rings is 6. The third kappa shape index (κ3) is 21.2. The fourth-order valence-corrected chi connectivity index (χ4v) is 10.5. The maximum atomic E-state index is 12.5. The molecule has 0 aromatic heterocycles. The molecule has 0 atom stereocenters. The lowest BCUT2D eigenvalue weighted by atomic mass is 10.0. The molecule has 83 heavy (non-hydrogen) atoms. The van der Waals surface area contributed by atoms with E-state index in [2.05, 4.69) is 38.7 Å². The van der Waals surface area contributed by atoms with E-state index in [1.54, 1.807) is 59.9 Å². The first-order valence-corrected chi connectivity index (χ1v) is 29.8. The highest BCUT2D eigenvalue weighted by molar-refractivity contribution is 7.99. The van der Waals surface area contributed by atoms with Gasteiger partial charge in [0.2, 0.25) is 17.6 Å². The van der Waals surface area contributed by atoms with Crippen LogP contribution in [0.2, 0.25) is 0 Å². The zero-order valence-corrected chi connectivity index (χ0v) is 47.6. The molecule has 8 rings (SSSR count). The van der Waals surface area contributed by atoms with Gasteiger partial charge >= 0.3 is 24.4 Å². The zero-order valence-electron chi connectivity index (χ0n) is 46.0. The van der Waals surface area contributed by atoms with Crippen molar-refractivity contribution in [3.8, 4) is 0 Å². The predicted molar refractivity (Wildman–Crippen MR) is 324 cm³/mol. The summed E-state index contributed by atoms with van der Waals surface area (Å²) in [6.45, 7) is 1.93. The zero-order chi connectivity index (χ0) is 58.2. The second kappa shape index (κ2) is 31.3. The second-order valence-electron chi connectivity index (χ2n) is 19.9. The number of amides is 6. The summed E-state index contributed by atoms with van der Waals surface area (Å²) in [5.74, 6) is 0.719. The minimum Gasteiger partial charge on any atom is -0.448 e. The number of hydrogen-bond acceptors (Lipinski definition) is 15. The third-order valence-electron chi connectivity index (χ3n) is 13.4. The summed E-state index contributed by atoms with van der Waals surface area (Å²) in [5, 5.41) is 34.7. The third-order valence-corrected chi connectivity index (χ3v) is 15.2. The van der Waals surface area contributed by atoms with E-state index < -0.39 is 43.4 Å². The Kier molecular flexibility index (Phi) is 22.9. The average Bonchev–Trinajstić information content (AvgIpc) is 4.13. The number of carbonyl (C=O) groups excluding carboxylic acids is 6. The molecule has 2 saturated heterocycles. The van der Waals surface area contributed by atoms with Gasteiger partial charge in [0.05, 0.1) is 0 Å². The highest BCUT2D eigenvalue weighted by atomic mass is 32.2. The summed E-state index contributed by atoms with van der Waals surface area (Å²) in [6, 6.07) is 45.5. The van der Waals surface area contributed by atoms with Gasteiger partial charge in [-0.15, -0.1) is 0 Å². The van der Waals surface area contributed by atoms with E-state index >= 15 is 0 Å². The van der Waals surface area contributed by atoms with E-state index in [1.807, 2.05) is 107 Å². The van der Waals surface area contributed by atoms with Crippen molar-refractivity contribution in [2.45, 2.75) is 50.7 Å². The average molecular weight is 1170 g/mol. The predicted octanol–water partition coefficient (Wildman–Crippen LogP) is 10.5. The topological polar surface area (TPSA) is 246 Å². The molecule has 2 aliphatic heterocycles. The molecule has 2 aliphatic rings. The number of nitrogens with one attached hydrogen (secondary N) is 5. The lowest BCUT2D eigenvalue weighted by Crippen LogP contribution is -2.41. The molecule has 0 spiro atoms. The SMILES string of the molecule is O=C(Nc1ccc(Cc2ccc(NC(=O)OCC(O)(O)COC(=O)Nc3ccc(Cc4ccc(Nc5ccc(Cc6ccc(NC(=O)OCCSCCN7CCCC7=O)cc6)cc5)cc4)cc3)cc2)cc1)OCCSCCN1CCCC1=O. The van der Waals surface area contributed by atoms with E-state index in [9.17, 15) is 39.0 Å². The summed E-state index contributed by atoms with van der Waals surface area (Å²) in [5.41, 5.74) is 10.2. The van der Waals surface area contributed by atoms with Crippen LogP contribution in [0.5, 0.6) is 0 Å². The van der Waals surface area contributed by atoms with Gasteiger partial charge in [0.1, 0.15) is 13.2 Å². The van der Waals surface area contributed by atoms with Crippen molar-refractivity contribution in [3.63, 3.8) is 0 Å². The van der Waals surface area contributed by atoms with Crippen LogP contribution in [0.4, 0.5) is 53.3 Å².